The molecule has 0 unspecified atom stereocenters. The summed E-state index contributed by atoms with van der Waals surface area (Å²) in [5.74, 6) is 1.54. The van der Waals surface area contributed by atoms with E-state index in [0.717, 1.165) is 44.9 Å². The van der Waals surface area contributed by atoms with E-state index in [1.165, 1.54) is 111 Å². The maximum atomic E-state index is 6.39. The molecular weight excluding hydrogens is 1030 g/mol. The van der Waals surface area contributed by atoms with Crippen LogP contribution in [0.2, 0.25) is 0 Å². The molecule has 1 heterocycles. The summed E-state index contributed by atoms with van der Waals surface area (Å²) in [6.07, 6.45) is 0. The van der Waals surface area contributed by atoms with Crippen LogP contribution in [0.3, 0.4) is 0 Å². The largest absolute Gasteiger partial charge is 0.454 e. The summed E-state index contributed by atoms with van der Waals surface area (Å²) in [7, 11) is 0. The van der Waals surface area contributed by atoms with Gasteiger partial charge in [-0.25, -0.2) is 0 Å². The highest BCUT2D eigenvalue weighted by atomic mass is 16.7. The van der Waals surface area contributed by atoms with E-state index >= 15 is 0 Å². The fourth-order valence-corrected chi connectivity index (χ4v) is 14.2. The molecule has 0 N–H and O–H groups in total. The third-order valence-corrected chi connectivity index (χ3v) is 18.3. The van der Waals surface area contributed by atoms with Crippen LogP contribution in [-0.2, 0) is 10.8 Å². The van der Waals surface area contributed by atoms with E-state index in [0.29, 0.717) is 0 Å². The smallest absolute Gasteiger partial charge is 0.231 e. The van der Waals surface area contributed by atoms with E-state index in [4.69, 9.17) is 9.47 Å². The van der Waals surface area contributed by atoms with Gasteiger partial charge in [-0.1, -0.05) is 244 Å². The molecule has 1 aliphatic heterocycles. The minimum Gasteiger partial charge on any atom is -0.454 e. The summed E-state index contributed by atoms with van der Waals surface area (Å²) in [5, 5.41) is 0. The van der Waals surface area contributed by atoms with Crippen LogP contribution in [0.25, 0.3) is 111 Å². The van der Waals surface area contributed by atoms with Gasteiger partial charge in [-0.05, 0) is 217 Å². The molecule has 13 aromatic carbocycles. The zero-order chi connectivity index (χ0) is 56.6. The molecule has 0 bridgehead atoms. The highest BCUT2D eigenvalue weighted by Crippen LogP contribution is 2.64. The zero-order valence-corrected chi connectivity index (χ0v) is 47.4. The second kappa shape index (κ2) is 20.1. The summed E-state index contributed by atoms with van der Waals surface area (Å²) in [4.78, 5) is 0. The molecule has 13 aromatic rings. The highest BCUT2D eigenvalue weighted by Gasteiger charge is 2.51. The van der Waals surface area contributed by atoms with Gasteiger partial charge < -0.3 is 9.47 Å². The molecular formula is C83H58O2. The van der Waals surface area contributed by atoms with Crippen LogP contribution < -0.4 is 9.47 Å². The molecule has 0 saturated heterocycles. The van der Waals surface area contributed by atoms with Crippen LogP contribution in [0, 0.1) is 0 Å². The Morgan fingerprint density at radius 2 is 0.565 bits per heavy atom. The molecule has 0 saturated carbocycles. The average Bonchev–Trinajstić information content (AvgIpc) is 1.58. The molecule has 0 amide bonds. The Morgan fingerprint density at radius 3 is 1.02 bits per heavy atom. The second-order valence-corrected chi connectivity index (χ2v) is 23.5. The number of benzene rings is 13. The van der Waals surface area contributed by atoms with Gasteiger partial charge in [0, 0.05) is 5.41 Å². The molecule has 0 spiro atoms. The molecule has 0 atom stereocenters. The van der Waals surface area contributed by atoms with Crippen molar-refractivity contribution < 1.29 is 9.47 Å². The maximum absolute atomic E-state index is 6.39. The number of ether oxygens (including phenoxy) is 2. The van der Waals surface area contributed by atoms with E-state index < -0.39 is 5.41 Å². The first-order chi connectivity index (χ1) is 41.8. The summed E-state index contributed by atoms with van der Waals surface area (Å²) in [5.41, 5.74) is 30.2. The third kappa shape index (κ3) is 8.39. The molecule has 2 nitrogen and oxygen atoms in total. The van der Waals surface area contributed by atoms with Crippen molar-refractivity contribution in [1.82, 2.24) is 0 Å². The van der Waals surface area contributed by atoms with Crippen molar-refractivity contribution in [2.75, 3.05) is 6.79 Å². The highest BCUT2D eigenvalue weighted by molar-refractivity contribution is 6.01. The summed E-state index contributed by atoms with van der Waals surface area (Å²) in [6.45, 7) is 4.94. The Labute approximate surface area is 497 Å². The molecule has 16 rings (SSSR count). The Morgan fingerprint density at radius 1 is 0.235 bits per heavy atom. The molecule has 0 radical (unpaired) electrons. The summed E-state index contributed by atoms with van der Waals surface area (Å²) < 4.78 is 12.7. The van der Waals surface area contributed by atoms with Crippen molar-refractivity contribution in [3.05, 3.63) is 337 Å². The Kier molecular flexibility index (Phi) is 11.9. The quantitative estimate of drug-likeness (QED) is 0.136. The first kappa shape index (κ1) is 50.2. The van der Waals surface area contributed by atoms with E-state index in [9.17, 15) is 0 Å². The van der Waals surface area contributed by atoms with Gasteiger partial charge in [-0.3, -0.25) is 0 Å². The van der Waals surface area contributed by atoms with E-state index in [1.54, 1.807) is 0 Å². The summed E-state index contributed by atoms with van der Waals surface area (Å²) >= 11 is 0. The molecule has 2 heteroatoms. The lowest BCUT2D eigenvalue weighted by atomic mass is 9.66. The van der Waals surface area contributed by atoms with E-state index in [-0.39, 0.29) is 12.2 Å². The van der Waals surface area contributed by atoms with Crippen LogP contribution >= 0.6 is 0 Å². The van der Waals surface area contributed by atoms with Gasteiger partial charge in [0.15, 0.2) is 11.5 Å². The van der Waals surface area contributed by atoms with E-state index in [2.05, 4.69) is 317 Å². The third-order valence-electron chi connectivity index (χ3n) is 18.3. The van der Waals surface area contributed by atoms with Crippen molar-refractivity contribution in [3.63, 3.8) is 0 Å². The minimum atomic E-state index is -0.799. The summed E-state index contributed by atoms with van der Waals surface area (Å²) in [6, 6.07) is 112. The van der Waals surface area contributed by atoms with Gasteiger partial charge in [0.25, 0.3) is 0 Å². The van der Waals surface area contributed by atoms with Crippen molar-refractivity contribution in [1.29, 1.82) is 0 Å². The number of fused-ring (bicyclic) bond motifs is 8. The topological polar surface area (TPSA) is 18.5 Å². The number of hydrogen-bond acceptors (Lipinski definition) is 2. The second-order valence-electron chi connectivity index (χ2n) is 23.5. The number of hydrogen-bond donors (Lipinski definition) is 0. The maximum Gasteiger partial charge on any atom is 0.231 e. The lowest BCUT2D eigenvalue weighted by Crippen LogP contribution is -2.29. The Bertz CT molecular complexity index is 4420. The van der Waals surface area contributed by atoms with Crippen LogP contribution in [0.1, 0.15) is 47.2 Å². The monoisotopic (exact) mass is 1090 g/mol. The SMILES string of the molecule is CC1(C)c2ccccc2-c2c1ccc1c2-c2cc3c(cc2C1(c1cccc(-c2cccc(-c4cc(-c5ccccc5)cc(-c5ccccc5)c4)c2)c1)c1cccc(-c2cccc(-c4cc(-c5ccccc5)cc(-c5ccccc5)c4)c2)c1)OCO3. The van der Waals surface area contributed by atoms with Crippen molar-refractivity contribution in [2.24, 2.45) is 0 Å². The fourth-order valence-electron chi connectivity index (χ4n) is 14.2. The van der Waals surface area contributed by atoms with Gasteiger partial charge in [0.2, 0.25) is 6.79 Å². The van der Waals surface area contributed by atoms with Crippen LogP contribution in [-0.4, -0.2) is 6.79 Å². The first-order valence-electron chi connectivity index (χ1n) is 29.5. The molecule has 85 heavy (non-hydrogen) atoms. The predicted molar refractivity (Wildman–Crippen MR) is 351 cm³/mol. The normalized spacial score (nSPS) is 13.6. The molecule has 3 aliphatic rings. The van der Waals surface area contributed by atoms with Gasteiger partial charge in [-0.15, -0.1) is 0 Å². The standard InChI is InChI=1S/C83H58O2/c1-82(2)74-38-16-15-37-72(74)80-75(82)39-40-76-81(80)73-51-78-79(85-53-84-78)52-77(73)83(76,70-35-19-33-62(49-70)58-29-17-31-60(41-58)68-45-64(54-21-7-3-8-22-54)43-65(46-68)55-23-9-4-10-24-55)71-36-20-34-63(50-71)59-30-18-32-61(42-59)69-47-66(56-25-11-5-12-26-56)44-67(48-69)57-27-13-6-14-28-57/h3-52H,53H2,1-2H3. The van der Waals surface area contributed by atoms with Gasteiger partial charge in [-0.2, -0.15) is 0 Å². The molecule has 402 valence electrons. The van der Waals surface area contributed by atoms with Crippen molar-refractivity contribution in [3.8, 4) is 123 Å². The van der Waals surface area contributed by atoms with Gasteiger partial charge in [0.1, 0.15) is 0 Å². The predicted octanol–water partition coefficient (Wildman–Crippen LogP) is 21.4. The van der Waals surface area contributed by atoms with Crippen molar-refractivity contribution in [2.45, 2.75) is 24.7 Å². The first-order valence-corrected chi connectivity index (χ1v) is 29.5. The lowest BCUT2D eigenvalue weighted by Gasteiger charge is -2.35. The fraction of sp³-hybridized carbons (Fsp3) is 0.0602. The number of rotatable bonds is 10. The van der Waals surface area contributed by atoms with E-state index in [1.807, 2.05) is 0 Å². The van der Waals surface area contributed by atoms with Crippen LogP contribution in [0.15, 0.2) is 303 Å². The van der Waals surface area contributed by atoms with Crippen molar-refractivity contribution >= 4 is 0 Å². The Balaban J connectivity index is 0.896. The molecule has 0 aromatic heterocycles. The van der Waals surface area contributed by atoms with Gasteiger partial charge in [0.05, 0.1) is 5.41 Å². The lowest BCUT2D eigenvalue weighted by molar-refractivity contribution is 0.174. The van der Waals surface area contributed by atoms with Gasteiger partial charge >= 0.3 is 0 Å². The molecule has 2 aliphatic carbocycles. The Hall–Kier alpha value is -10.5. The molecule has 0 fully saturated rings. The van der Waals surface area contributed by atoms with Crippen LogP contribution in [0.4, 0.5) is 0 Å². The zero-order valence-electron chi connectivity index (χ0n) is 47.4. The average molecular weight is 1090 g/mol. The van der Waals surface area contributed by atoms with Crippen LogP contribution in [0.5, 0.6) is 11.5 Å². The minimum absolute atomic E-state index is 0.181.